The number of amides is 4. The number of nitrogens with zero attached hydrogens (tertiary/aromatic N) is 4. The van der Waals surface area contributed by atoms with Gasteiger partial charge in [-0.05, 0) is 30.7 Å². The van der Waals surface area contributed by atoms with Gasteiger partial charge >= 0.3 is 6.03 Å². The summed E-state index contributed by atoms with van der Waals surface area (Å²) in [5.41, 5.74) is 1.07. The minimum absolute atomic E-state index is 0.0347. The second-order valence-corrected chi connectivity index (χ2v) is 7.05. The number of carbonyl (C=O) groups is 3. The molecule has 2 aliphatic heterocycles. The third kappa shape index (κ3) is 3.49. The molecule has 1 atom stereocenters. The molecule has 1 unspecified atom stereocenters. The van der Waals surface area contributed by atoms with Gasteiger partial charge in [-0.25, -0.2) is 9.69 Å². The second-order valence-electron chi connectivity index (χ2n) is 6.62. The van der Waals surface area contributed by atoms with Crippen LogP contribution >= 0.6 is 11.6 Å². The smallest absolute Gasteiger partial charge is 0.327 e. The largest absolute Gasteiger partial charge is 0.368 e. The number of urea groups is 1. The molecule has 0 bridgehead atoms. The number of anilines is 1. The Morgan fingerprint density at radius 2 is 1.73 bits per heavy atom. The number of piperazine rings is 1. The topological polar surface area (TPSA) is 64.2 Å². The van der Waals surface area contributed by atoms with E-state index >= 15 is 0 Å². The quantitative estimate of drug-likeness (QED) is 0.747. The standard InChI is InChI=1S/C18H23ClN4O3/c1-3-15(23-16(24)12-20(2)18(23)26)17(25)22-10-8-21(9-11-22)14-6-4-13(19)5-7-14/h4-7,15H,3,8-12H2,1-2H3. The maximum Gasteiger partial charge on any atom is 0.327 e. The number of likely N-dealkylation sites (N-methyl/N-ethyl adjacent to an activating group) is 1. The van der Waals surface area contributed by atoms with Crippen LogP contribution in [-0.4, -0.2) is 78.4 Å². The van der Waals surface area contributed by atoms with Crippen LogP contribution < -0.4 is 4.90 Å². The lowest BCUT2D eigenvalue weighted by atomic mass is 10.1. The molecule has 2 heterocycles. The van der Waals surface area contributed by atoms with Crippen LogP contribution in [0.5, 0.6) is 0 Å². The van der Waals surface area contributed by atoms with Gasteiger partial charge < -0.3 is 14.7 Å². The minimum atomic E-state index is -0.720. The van der Waals surface area contributed by atoms with Gasteiger partial charge in [-0.15, -0.1) is 0 Å². The van der Waals surface area contributed by atoms with Crippen molar-refractivity contribution in [3.8, 4) is 0 Å². The Bertz CT molecular complexity index is 701. The van der Waals surface area contributed by atoms with Crippen LogP contribution in [0.25, 0.3) is 0 Å². The Morgan fingerprint density at radius 3 is 2.23 bits per heavy atom. The first-order chi connectivity index (χ1) is 12.4. The summed E-state index contributed by atoms with van der Waals surface area (Å²) in [6, 6.07) is 6.51. The van der Waals surface area contributed by atoms with E-state index in [4.69, 9.17) is 11.6 Å². The van der Waals surface area contributed by atoms with Gasteiger partial charge in [0, 0.05) is 43.9 Å². The van der Waals surface area contributed by atoms with E-state index in [9.17, 15) is 14.4 Å². The number of hydrogen-bond acceptors (Lipinski definition) is 4. The molecule has 0 radical (unpaired) electrons. The monoisotopic (exact) mass is 378 g/mol. The lowest BCUT2D eigenvalue weighted by Crippen LogP contribution is -2.56. The molecule has 0 spiro atoms. The van der Waals surface area contributed by atoms with Crippen molar-refractivity contribution in [2.45, 2.75) is 19.4 Å². The van der Waals surface area contributed by atoms with Crippen LogP contribution in [0.15, 0.2) is 24.3 Å². The van der Waals surface area contributed by atoms with Crippen molar-refractivity contribution in [2.24, 2.45) is 0 Å². The van der Waals surface area contributed by atoms with E-state index in [-0.39, 0.29) is 18.4 Å². The molecular formula is C18H23ClN4O3. The van der Waals surface area contributed by atoms with E-state index in [1.165, 1.54) is 4.90 Å². The molecule has 0 saturated carbocycles. The van der Waals surface area contributed by atoms with Gasteiger partial charge in [0.25, 0.3) is 5.91 Å². The Kier molecular flexibility index (Phi) is 5.36. The van der Waals surface area contributed by atoms with E-state index in [0.717, 1.165) is 10.6 Å². The molecule has 0 aliphatic carbocycles. The van der Waals surface area contributed by atoms with E-state index in [0.29, 0.717) is 37.6 Å². The van der Waals surface area contributed by atoms with Gasteiger partial charge in [0.15, 0.2) is 0 Å². The first-order valence-corrected chi connectivity index (χ1v) is 9.16. The maximum absolute atomic E-state index is 12.9. The summed E-state index contributed by atoms with van der Waals surface area (Å²) in [6.07, 6.45) is 0.418. The number of carbonyl (C=O) groups excluding carboxylic acids is 3. The fraction of sp³-hybridized carbons (Fsp3) is 0.500. The number of halogens is 1. The van der Waals surface area contributed by atoms with Gasteiger partial charge in [0.1, 0.15) is 12.6 Å². The van der Waals surface area contributed by atoms with E-state index in [2.05, 4.69) is 4.90 Å². The number of imide groups is 1. The minimum Gasteiger partial charge on any atom is -0.368 e. The molecule has 8 heteroatoms. The summed E-state index contributed by atoms with van der Waals surface area (Å²) < 4.78 is 0. The SMILES string of the molecule is CCC(C(=O)N1CCN(c2ccc(Cl)cc2)CC1)N1C(=O)CN(C)C1=O. The van der Waals surface area contributed by atoms with Gasteiger partial charge in [-0.1, -0.05) is 18.5 Å². The molecular weight excluding hydrogens is 356 g/mol. The average Bonchev–Trinajstić information content (AvgIpc) is 2.89. The zero-order chi connectivity index (χ0) is 18.8. The van der Waals surface area contributed by atoms with Crippen molar-refractivity contribution < 1.29 is 14.4 Å². The van der Waals surface area contributed by atoms with Crippen molar-refractivity contribution in [3.05, 3.63) is 29.3 Å². The van der Waals surface area contributed by atoms with Gasteiger partial charge in [0.2, 0.25) is 5.91 Å². The molecule has 26 heavy (non-hydrogen) atoms. The summed E-state index contributed by atoms with van der Waals surface area (Å²) in [7, 11) is 1.57. The normalized spacial score (nSPS) is 19.3. The van der Waals surface area contributed by atoms with E-state index in [1.807, 2.05) is 31.2 Å². The van der Waals surface area contributed by atoms with Crippen LogP contribution in [0.4, 0.5) is 10.5 Å². The highest BCUT2D eigenvalue weighted by Gasteiger charge is 2.42. The molecule has 0 N–H and O–H groups in total. The van der Waals surface area contributed by atoms with E-state index < -0.39 is 12.1 Å². The predicted molar refractivity (Wildman–Crippen MR) is 99.2 cm³/mol. The molecule has 2 fully saturated rings. The summed E-state index contributed by atoms with van der Waals surface area (Å²) >= 11 is 5.93. The van der Waals surface area contributed by atoms with Gasteiger partial charge in [-0.3, -0.25) is 9.59 Å². The molecule has 1 aromatic rings. The average molecular weight is 379 g/mol. The Labute approximate surface area is 158 Å². The first-order valence-electron chi connectivity index (χ1n) is 8.78. The molecule has 2 aliphatic rings. The summed E-state index contributed by atoms with van der Waals surface area (Å²) in [6.45, 7) is 4.38. The zero-order valence-electron chi connectivity index (χ0n) is 15.0. The Morgan fingerprint density at radius 1 is 1.12 bits per heavy atom. The van der Waals surface area contributed by atoms with Crippen molar-refractivity contribution in [3.63, 3.8) is 0 Å². The highest BCUT2D eigenvalue weighted by atomic mass is 35.5. The number of hydrogen-bond donors (Lipinski definition) is 0. The molecule has 2 saturated heterocycles. The van der Waals surface area contributed by atoms with Crippen LogP contribution in [-0.2, 0) is 9.59 Å². The molecule has 7 nitrogen and oxygen atoms in total. The number of benzene rings is 1. The van der Waals surface area contributed by atoms with Crippen LogP contribution in [0.1, 0.15) is 13.3 Å². The van der Waals surface area contributed by atoms with E-state index in [1.54, 1.807) is 11.9 Å². The maximum atomic E-state index is 12.9. The number of rotatable bonds is 4. The summed E-state index contributed by atoms with van der Waals surface area (Å²) in [5, 5.41) is 0.693. The second kappa shape index (κ2) is 7.53. The Balaban J connectivity index is 1.64. The molecule has 1 aromatic carbocycles. The van der Waals surface area contributed by atoms with Crippen molar-refractivity contribution in [2.75, 3.05) is 44.7 Å². The highest BCUT2D eigenvalue weighted by molar-refractivity contribution is 6.30. The zero-order valence-corrected chi connectivity index (χ0v) is 15.8. The van der Waals surface area contributed by atoms with Gasteiger partial charge in [0.05, 0.1) is 0 Å². The third-order valence-corrected chi connectivity index (χ3v) is 5.19. The molecule has 3 rings (SSSR count). The van der Waals surface area contributed by atoms with Crippen molar-refractivity contribution in [1.82, 2.24) is 14.7 Å². The lowest BCUT2D eigenvalue weighted by molar-refractivity contribution is -0.141. The van der Waals surface area contributed by atoms with Crippen LogP contribution in [0, 0.1) is 0 Å². The fourth-order valence-corrected chi connectivity index (χ4v) is 3.59. The van der Waals surface area contributed by atoms with Crippen LogP contribution in [0.3, 0.4) is 0 Å². The highest BCUT2D eigenvalue weighted by Crippen LogP contribution is 2.21. The van der Waals surface area contributed by atoms with Crippen molar-refractivity contribution >= 4 is 35.1 Å². The summed E-state index contributed by atoms with van der Waals surface area (Å²) in [5.74, 6) is -0.460. The van der Waals surface area contributed by atoms with Crippen LogP contribution in [0.2, 0.25) is 5.02 Å². The molecule has 4 amide bonds. The van der Waals surface area contributed by atoms with Crippen molar-refractivity contribution in [1.29, 1.82) is 0 Å². The van der Waals surface area contributed by atoms with Gasteiger partial charge in [-0.2, -0.15) is 0 Å². The fourth-order valence-electron chi connectivity index (χ4n) is 3.46. The predicted octanol–water partition coefficient (Wildman–Crippen LogP) is 1.66. The Hall–Kier alpha value is -2.28. The third-order valence-electron chi connectivity index (χ3n) is 4.94. The lowest BCUT2D eigenvalue weighted by Gasteiger charge is -2.38. The first kappa shape index (κ1) is 18.5. The summed E-state index contributed by atoms with van der Waals surface area (Å²) in [4.78, 5) is 43.7. The molecule has 140 valence electrons. The molecule has 0 aromatic heterocycles.